The van der Waals surface area contributed by atoms with Crippen molar-refractivity contribution in [1.82, 2.24) is 15.1 Å². The van der Waals surface area contributed by atoms with Crippen LogP contribution in [0.15, 0.2) is 85.2 Å². The third kappa shape index (κ3) is 5.58. The summed E-state index contributed by atoms with van der Waals surface area (Å²) < 4.78 is 36.7. The number of alkyl halides is 2. The largest absolute Gasteiger partial charge is 0.493 e. The van der Waals surface area contributed by atoms with E-state index in [-0.39, 0.29) is 23.6 Å². The third-order valence-corrected chi connectivity index (χ3v) is 5.27. The van der Waals surface area contributed by atoms with E-state index in [1.165, 1.54) is 25.3 Å². The average molecular weight is 463 g/mol. The standard InChI is InChI=1S/C26H23F2N3O3/c1-33-23-12-11-20(15-24(23)34-26(27)28)25(32)29-16-21-5-2-3-6-22(21)19-9-7-18(8-10-19)17-31-14-4-13-30-31/h2-15,26H,16-17H2,1H3,(H,29,32). The van der Waals surface area contributed by atoms with E-state index in [0.29, 0.717) is 6.54 Å². The Balaban J connectivity index is 1.47. The molecule has 0 bridgehead atoms. The van der Waals surface area contributed by atoms with Gasteiger partial charge >= 0.3 is 6.61 Å². The summed E-state index contributed by atoms with van der Waals surface area (Å²) in [6.45, 7) is -2.07. The number of benzene rings is 3. The fourth-order valence-electron chi connectivity index (χ4n) is 3.61. The Morgan fingerprint density at radius 1 is 1.03 bits per heavy atom. The lowest BCUT2D eigenvalue weighted by Gasteiger charge is -2.13. The summed E-state index contributed by atoms with van der Waals surface area (Å²) in [6, 6.07) is 22.0. The van der Waals surface area contributed by atoms with E-state index in [9.17, 15) is 13.6 Å². The Bertz CT molecular complexity index is 1240. The fraction of sp³-hybridized carbons (Fsp3) is 0.154. The molecule has 0 aliphatic rings. The van der Waals surface area contributed by atoms with Gasteiger partial charge in [0, 0.05) is 24.5 Å². The van der Waals surface area contributed by atoms with Gasteiger partial charge in [-0.3, -0.25) is 9.48 Å². The minimum absolute atomic E-state index is 0.123. The van der Waals surface area contributed by atoms with Gasteiger partial charge in [-0.15, -0.1) is 0 Å². The quantitative estimate of drug-likeness (QED) is 0.373. The van der Waals surface area contributed by atoms with Crippen LogP contribution in [-0.4, -0.2) is 29.4 Å². The second-order valence-electron chi connectivity index (χ2n) is 7.48. The van der Waals surface area contributed by atoms with Crippen LogP contribution in [0.1, 0.15) is 21.5 Å². The van der Waals surface area contributed by atoms with Crippen molar-refractivity contribution in [2.75, 3.05) is 7.11 Å². The zero-order chi connectivity index (χ0) is 23.9. The number of halogens is 2. The number of nitrogens with zero attached hydrogens (tertiary/aromatic N) is 2. The summed E-state index contributed by atoms with van der Waals surface area (Å²) in [7, 11) is 1.34. The first-order valence-corrected chi connectivity index (χ1v) is 10.6. The highest BCUT2D eigenvalue weighted by atomic mass is 19.3. The highest BCUT2D eigenvalue weighted by molar-refractivity contribution is 5.95. The van der Waals surface area contributed by atoms with Crippen molar-refractivity contribution in [1.29, 1.82) is 0 Å². The molecule has 1 N–H and O–H groups in total. The van der Waals surface area contributed by atoms with Crippen LogP contribution < -0.4 is 14.8 Å². The zero-order valence-electron chi connectivity index (χ0n) is 18.4. The lowest BCUT2D eigenvalue weighted by molar-refractivity contribution is -0.0512. The van der Waals surface area contributed by atoms with Gasteiger partial charge in [0.15, 0.2) is 11.5 Å². The van der Waals surface area contributed by atoms with Crippen LogP contribution in [0, 0.1) is 0 Å². The SMILES string of the molecule is COc1ccc(C(=O)NCc2ccccc2-c2ccc(Cn3cccn3)cc2)cc1OC(F)F. The van der Waals surface area contributed by atoms with Crippen LogP contribution in [0.5, 0.6) is 11.5 Å². The second kappa shape index (κ2) is 10.6. The Labute approximate surface area is 195 Å². The van der Waals surface area contributed by atoms with Gasteiger partial charge in [-0.25, -0.2) is 0 Å². The number of hydrogen-bond donors (Lipinski definition) is 1. The molecule has 174 valence electrons. The third-order valence-electron chi connectivity index (χ3n) is 5.27. The highest BCUT2D eigenvalue weighted by Gasteiger charge is 2.15. The molecular weight excluding hydrogens is 440 g/mol. The highest BCUT2D eigenvalue weighted by Crippen LogP contribution is 2.30. The Morgan fingerprint density at radius 3 is 2.53 bits per heavy atom. The molecule has 1 aromatic heterocycles. The van der Waals surface area contributed by atoms with Crippen molar-refractivity contribution in [3.8, 4) is 22.6 Å². The number of nitrogens with one attached hydrogen (secondary N) is 1. The molecule has 0 aliphatic carbocycles. The number of carbonyl (C=O) groups is 1. The molecule has 34 heavy (non-hydrogen) atoms. The molecular formula is C26H23F2N3O3. The number of rotatable bonds is 9. The van der Waals surface area contributed by atoms with Crippen molar-refractivity contribution in [2.24, 2.45) is 0 Å². The predicted octanol–water partition coefficient (Wildman–Crippen LogP) is 5.14. The van der Waals surface area contributed by atoms with Gasteiger partial charge in [0.05, 0.1) is 13.7 Å². The topological polar surface area (TPSA) is 65.4 Å². The minimum Gasteiger partial charge on any atom is -0.493 e. The predicted molar refractivity (Wildman–Crippen MR) is 124 cm³/mol. The normalized spacial score (nSPS) is 10.8. The molecule has 0 aliphatic heterocycles. The van der Waals surface area contributed by atoms with E-state index in [4.69, 9.17) is 4.74 Å². The number of methoxy groups -OCH3 is 1. The molecule has 4 aromatic rings. The van der Waals surface area contributed by atoms with Crippen LogP contribution >= 0.6 is 0 Å². The summed E-state index contributed by atoms with van der Waals surface area (Å²) in [5.74, 6) is -0.481. The molecule has 3 aromatic carbocycles. The van der Waals surface area contributed by atoms with Crippen LogP contribution in [0.2, 0.25) is 0 Å². The molecule has 8 heteroatoms. The van der Waals surface area contributed by atoms with Crippen LogP contribution in [0.3, 0.4) is 0 Å². The van der Waals surface area contributed by atoms with Gasteiger partial charge in [0.2, 0.25) is 0 Å². The van der Waals surface area contributed by atoms with Crippen molar-refractivity contribution in [2.45, 2.75) is 19.7 Å². The van der Waals surface area contributed by atoms with Crippen LogP contribution in [0.4, 0.5) is 8.78 Å². The minimum atomic E-state index is -3.02. The lowest BCUT2D eigenvalue weighted by Crippen LogP contribution is -2.23. The molecule has 0 spiro atoms. The molecule has 6 nitrogen and oxygen atoms in total. The van der Waals surface area contributed by atoms with Crippen molar-refractivity contribution in [3.05, 3.63) is 102 Å². The summed E-state index contributed by atoms with van der Waals surface area (Å²) in [5.41, 5.74) is 4.25. The van der Waals surface area contributed by atoms with E-state index >= 15 is 0 Å². The summed E-state index contributed by atoms with van der Waals surface area (Å²) in [5, 5.41) is 7.08. The fourth-order valence-corrected chi connectivity index (χ4v) is 3.61. The van der Waals surface area contributed by atoms with Crippen molar-refractivity contribution in [3.63, 3.8) is 0 Å². The molecule has 1 amide bonds. The molecule has 1 heterocycles. The molecule has 0 saturated heterocycles. The Hall–Kier alpha value is -4.20. The first-order valence-electron chi connectivity index (χ1n) is 10.6. The zero-order valence-corrected chi connectivity index (χ0v) is 18.4. The van der Waals surface area contributed by atoms with E-state index in [1.807, 2.05) is 65.5 Å². The number of carbonyl (C=O) groups excluding carboxylic acids is 1. The van der Waals surface area contributed by atoms with Crippen LogP contribution in [0.25, 0.3) is 11.1 Å². The maximum Gasteiger partial charge on any atom is 0.387 e. The number of hydrogen-bond acceptors (Lipinski definition) is 4. The van der Waals surface area contributed by atoms with Gasteiger partial charge in [-0.2, -0.15) is 13.9 Å². The van der Waals surface area contributed by atoms with Crippen LogP contribution in [-0.2, 0) is 13.1 Å². The van der Waals surface area contributed by atoms with Crippen molar-refractivity contribution >= 4 is 5.91 Å². The summed E-state index contributed by atoms with van der Waals surface area (Å²) in [4.78, 5) is 12.7. The monoisotopic (exact) mass is 463 g/mol. The smallest absolute Gasteiger partial charge is 0.387 e. The van der Waals surface area contributed by atoms with Gasteiger partial charge in [-0.1, -0.05) is 48.5 Å². The summed E-state index contributed by atoms with van der Waals surface area (Å²) >= 11 is 0. The molecule has 0 fully saturated rings. The average Bonchev–Trinajstić information content (AvgIpc) is 3.36. The first-order chi connectivity index (χ1) is 16.5. The molecule has 0 saturated carbocycles. The molecule has 0 unspecified atom stereocenters. The summed E-state index contributed by atoms with van der Waals surface area (Å²) in [6.07, 6.45) is 3.66. The maximum absolute atomic E-state index is 12.7. The van der Waals surface area contributed by atoms with E-state index < -0.39 is 12.5 Å². The van der Waals surface area contributed by atoms with Gasteiger partial charge < -0.3 is 14.8 Å². The number of aromatic nitrogens is 2. The first kappa shape index (κ1) is 23.0. The molecule has 4 rings (SSSR count). The van der Waals surface area contributed by atoms with E-state index in [0.717, 1.165) is 22.3 Å². The van der Waals surface area contributed by atoms with Gasteiger partial charge in [-0.05, 0) is 46.5 Å². The van der Waals surface area contributed by atoms with E-state index in [1.54, 1.807) is 6.20 Å². The van der Waals surface area contributed by atoms with Gasteiger partial charge in [0.1, 0.15) is 0 Å². The molecule has 0 radical (unpaired) electrons. The maximum atomic E-state index is 12.7. The number of ether oxygens (including phenoxy) is 2. The van der Waals surface area contributed by atoms with E-state index in [2.05, 4.69) is 15.2 Å². The molecule has 0 atom stereocenters. The van der Waals surface area contributed by atoms with Gasteiger partial charge in [0.25, 0.3) is 5.91 Å². The Kier molecular flexibility index (Phi) is 7.17. The number of amides is 1. The van der Waals surface area contributed by atoms with Crippen molar-refractivity contribution < 1.29 is 23.0 Å². The second-order valence-corrected chi connectivity index (χ2v) is 7.48. The Morgan fingerprint density at radius 2 is 1.82 bits per heavy atom. The lowest BCUT2D eigenvalue weighted by atomic mass is 9.98.